The quantitative estimate of drug-likeness (QED) is 0.335. The van der Waals surface area contributed by atoms with Gasteiger partial charge in [0.05, 0.1) is 12.6 Å². The summed E-state index contributed by atoms with van der Waals surface area (Å²) < 4.78 is 7.67. The van der Waals surface area contributed by atoms with Crippen molar-refractivity contribution >= 4 is 17.2 Å². The Labute approximate surface area is 157 Å². The summed E-state index contributed by atoms with van der Waals surface area (Å²) in [6.45, 7) is 9.49. The molecule has 0 saturated carbocycles. The molecule has 0 bridgehead atoms. The number of benzene rings is 1. The van der Waals surface area contributed by atoms with Gasteiger partial charge in [0.2, 0.25) is 0 Å². The van der Waals surface area contributed by atoms with Gasteiger partial charge >= 0.3 is 0 Å². The molecule has 1 aromatic carbocycles. The number of methoxy groups -OCH3 is 1. The summed E-state index contributed by atoms with van der Waals surface area (Å²) in [6.07, 6.45) is 7.52. The number of nitrogens with zero attached hydrogens (tertiary/aromatic N) is 2. The third-order valence-electron chi connectivity index (χ3n) is 4.69. The highest BCUT2D eigenvalue weighted by molar-refractivity contribution is 6.00. The first-order chi connectivity index (χ1) is 12.7. The van der Waals surface area contributed by atoms with Crippen molar-refractivity contribution in [3.05, 3.63) is 30.0 Å². The Kier molecular flexibility index (Phi) is 8.65. The summed E-state index contributed by atoms with van der Waals surface area (Å²) in [5.74, 6) is 0.822. The van der Waals surface area contributed by atoms with Crippen molar-refractivity contribution in [2.45, 2.75) is 46.1 Å². The number of rotatable bonds is 13. The summed E-state index contributed by atoms with van der Waals surface area (Å²) in [7, 11) is 1.68. The molecule has 0 saturated heterocycles. The van der Waals surface area contributed by atoms with Crippen LogP contribution in [0.2, 0.25) is 0 Å². The molecule has 0 aliphatic rings. The molecule has 0 aliphatic heterocycles. The van der Waals surface area contributed by atoms with Gasteiger partial charge < -0.3 is 14.6 Å². The molecular formula is C21H33N3O2. The normalized spacial score (nSPS) is 11.4. The van der Waals surface area contributed by atoms with Gasteiger partial charge in [-0.3, -0.25) is 9.69 Å². The molecule has 5 nitrogen and oxygen atoms in total. The van der Waals surface area contributed by atoms with E-state index < -0.39 is 0 Å². The number of ether oxygens (including phenoxy) is 1. The van der Waals surface area contributed by atoms with Crippen molar-refractivity contribution in [2.24, 2.45) is 0 Å². The topological polar surface area (TPSA) is 46.5 Å². The summed E-state index contributed by atoms with van der Waals surface area (Å²) in [5.41, 5.74) is 1.74. The molecule has 144 valence electrons. The SMILES string of the molecule is CCCCNCN(CCC)CCCn1cc(C=O)c2cccc(OC)c21. The zero-order valence-electron chi connectivity index (χ0n) is 16.5. The van der Waals surface area contributed by atoms with Crippen LogP contribution >= 0.6 is 0 Å². The largest absolute Gasteiger partial charge is 0.495 e. The van der Waals surface area contributed by atoms with E-state index in [2.05, 4.69) is 28.6 Å². The first-order valence-electron chi connectivity index (χ1n) is 9.79. The van der Waals surface area contributed by atoms with E-state index in [0.29, 0.717) is 0 Å². The summed E-state index contributed by atoms with van der Waals surface area (Å²) in [6, 6.07) is 5.87. The van der Waals surface area contributed by atoms with Gasteiger partial charge in [-0.1, -0.05) is 32.4 Å². The third-order valence-corrected chi connectivity index (χ3v) is 4.69. The van der Waals surface area contributed by atoms with Crippen LogP contribution in [0.3, 0.4) is 0 Å². The Morgan fingerprint density at radius 3 is 2.73 bits per heavy atom. The van der Waals surface area contributed by atoms with Crippen molar-refractivity contribution in [3.63, 3.8) is 0 Å². The molecule has 0 spiro atoms. The second-order valence-electron chi connectivity index (χ2n) is 6.74. The second-order valence-corrected chi connectivity index (χ2v) is 6.74. The van der Waals surface area contributed by atoms with Gasteiger partial charge in [-0.25, -0.2) is 0 Å². The van der Waals surface area contributed by atoms with E-state index in [4.69, 9.17) is 4.74 Å². The molecule has 0 aliphatic carbocycles. The summed E-state index contributed by atoms with van der Waals surface area (Å²) in [4.78, 5) is 13.9. The van der Waals surface area contributed by atoms with Crippen LogP contribution in [0.25, 0.3) is 10.9 Å². The van der Waals surface area contributed by atoms with E-state index in [0.717, 1.165) is 74.2 Å². The van der Waals surface area contributed by atoms with Crippen molar-refractivity contribution in [3.8, 4) is 5.75 Å². The number of aryl methyl sites for hydroxylation is 1. The van der Waals surface area contributed by atoms with Crippen LogP contribution in [0.4, 0.5) is 0 Å². The molecule has 0 fully saturated rings. The Hall–Kier alpha value is -1.85. The van der Waals surface area contributed by atoms with Crippen LogP contribution in [0.15, 0.2) is 24.4 Å². The van der Waals surface area contributed by atoms with Gasteiger partial charge in [0.1, 0.15) is 5.75 Å². The first kappa shape index (κ1) is 20.5. The maximum atomic E-state index is 11.4. The van der Waals surface area contributed by atoms with Gasteiger partial charge in [-0.15, -0.1) is 0 Å². The minimum atomic E-state index is 0.727. The number of aldehydes is 1. The predicted molar refractivity (Wildman–Crippen MR) is 108 cm³/mol. The minimum absolute atomic E-state index is 0.727. The number of aromatic nitrogens is 1. The molecule has 0 amide bonds. The van der Waals surface area contributed by atoms with E-state index in [1.807, 2.05) is 24.4 Å². The highest BCUT2D eigenvalue weighted by atomic mass is 16.5. The summed E-state index contributed by atoms with van der Waals surface area (Å²) in [5, 5.41) is 4.50. The molecule has 0 radical (unpaired) electrons. The predicted octanol–water partition coefficient (Wildman–Crippen LogP) is 3.91. The molecular weight excluding hydrogens is 326 g/mol. The molecule has 1 aromatic heterocycles. The van der Waals surface area contributed by atoms with E-state index in [9.17, 15) is 4.79 Å². The Morgan fingerprint density at radius 2 is 2.04 bits per heavy atom. The lowest BCUT2D eigenvalue weighted by atomic mass is 10.2. The zero-order valence-corrected chi connectivity index (χ0v) is 16.5. The standard InChI is InChI=1S/C21H33N3O2/c1-4-6-11-22-17-23(12-5-2)13-8-14-24-15-18(16-25)19-9-7-10-20(26-3)21(19)24/h7,9-10,15-16,22H,4-6,8,11-14,17H2,1-3H3. The van der Waals surface area contributed by atoms with Gasteiger partial charge in [0.15, 0.2) is 6.29 Å². The van der Waals surface area contributed by atoms with Crippen molar-refractivity contribution < 1.29 is 9.53 Å². The molecule has 5 heteroatoms. The number of hydrogen-bond donors (Lipinski definition) is 1. The lowest BCUT2D eigenvalue weighted by molar-refractivity contribution is 0.112. The molecule has 2 rings (SSSR count). The highest BCUT2D eigenvalue weighted by Crippen LogP contribution is 2.29. The number of para-hydroxylation sites is 1. The number of nitrogens with one attached hydrogen (secondary N) is 1. The fourth-order valence-electron chi connectivity index (χ4n) is 3.38. The number of hydrogen-bond acceptors (Lipinski definition) is 4. The van der Waals surface area contributed by atoms with Gasteiger partial charge in [0.25, 0.3) is 0 Å². The maximum Gasteiger partial charge on any atom is 0.152 e. The average molecular weight is 360 g/mol. The number of carbonyl (C=O) groups is 1. The second kappa shape index (κ2) is 11.0. The van der Waals surface area contributed by atoms with Crippen LogP contribution in [-0.4, -0.2) is 49.2 Å². The molecule has 2 aromatic rings. The first-order valence-corrected chi connectivity index (χ1v) is 9.79. The minimum Gasteiger partial charge on any atom is -0.495 e. The fraction of sp³-hybridized carbons (Fsp3) is 0.571. The van der Waals surface area contributed by atoms with Gasteiger partial charge in [-0.05, 0) is 38.4 Å². The third kappa shape index (κ3) is 5.32. The van der Waals surface area contributed by atoms with Crippen LogP contribution < -0.4 is 10.1 Å². The van der Waals surface area contributed by atoms with E-state index in [-0.39, 0.29) is 0 Å². The van der Waals surface area contributed by atoms with Crippen LogP contribution in [0, 0.1) is 0 Å². The zero-order chi connectivity index (χ0) is 18.8. The number of unbranched alkanes of at least 4 members (excludes halogenated alkanes) is 1. The van der Waals surface area contributed by atoms with E-state index in [1.165, 1.54) is 12.8 Å². The molecule has 0 atom stereocenters. The summed E-state index contributed by atoms with van der Waals surface area (Å²) >= 11 is 0. The van der Waals surface area contributed by atoms with Crippen molar-refractivity contribution in [2.75, 3.05) is 33.4 Å². The Morgan fingerprint density at radius 1 is 1.19 bits per heavy atom. The lowest BCUT2D eigenvalue weighted by Crippen LogP contribution is -2.36. The monoisotopic (exact) mass is 359 g/mol. The van der Waals surface area contributed by atoms with Crippen LogP contribution in [-0.2, 0) is 6.54 Å². The molecule has 1 heterocycles. The van der Waals surface area contributed by atoms with Gasteiger partial charge in [0, 0.05) is 36.9 Å². The number of carbonyl (C=O) groups excluding carboxylic acids is 1. The Bertz CT molecular complexity index is 681. The molecule has 26 heavy (non-hydrogen) atoms. The molecule has 1 N–H and O–H groups in total. The average Bonchev–Trinajstić information content (AvgIpc) is 3.03. The highest BCUT2D eigenvalue weighted by Gasteiger charge is 2.12. The van der Waals surface area contributed by atoms with Gasteiger partial charge in [-0.2, -0.15) is 0 Å². The van der Waals surface area contributed by atoms with Crippen LogP contribution in [0.1, 0.15) is 49.9 Å². The van der Waals surface area contributed by atoms with E-state index in [1.54, 1.807) is 7.11 Å². The smallest absolute Gasteiger partial charge is 0.152 e. The fourth-order valence-corrected chi connectivity index (χ4v) is 3.38. The number of fused-ring (bicyclic) bond motifs is 1. The van der Waals surface area contributed by atoms with E-state index >= 15 is 0 Å². The maximum absolute atomic E-state index is 11.4. The van der Waals surface area contributed by atoms with Crippen molar-refractivity contribution in [1.82, 2.24) is 14.8 Å². The lowest BCUT2D eigenvalue weighted by Gasteiger charge is -2.22. The molecule has 0 unspecified atom stereocenters. The van der Waals surface area contributed by atoms with Crippen LogP contribution in [0.5, 0.6) is 5.75 Å². The Balaban J connectivity index is 2.00. The van der Waals surface area contributed by atoms with Crippen molar-refractivity contribution in [1.29, 1.82) is 0 Å².